The molecule has 2 N–H and O–H groups in total. The number of carbonyl (C=O) groups is 1. The SMILES string of the molecule is NC1(C(=O)N2CCOC3CCCCC32)CCC1. The zero-order chi connectivity index (χ0) is 11.9. The summed E-state index contributed by atoms with van der Waals surface area (Å²) in [6.07, 6.45) is 7.73. The maximum atomic E-state index is 12.5. The van der Waals surface area contributed by atoms with E-state index in [4.69, 9.17) is 10.5 Å². The van der Waals surface area contributed by atoms with Crippen LogP contribution in [0.25, 0.3) is 0 Å². The van der Waals surface area contributed by atoms with Gasteiger partial charge in [0.1, 0.15) is 0 Å². The van der Waals surface area contributed by atoms with Gasteiger partial charge in [0.05, 0.1) is 24.3 Å². The molecule has 0 aromatic heterocycles. The summed E-state index contributed by atoms with van der Waals surface area (Å²) in [6, 6.07) is 0.297. The molecule has 1 aliphatic heterocycles. The van der Waals surface area contributed by atoms with Crippen molar-refractivity contribution in [1.82, 2.24) is 4.90 Å². The first-order valence-corrected chi connectivity index (χ1v) is 6.92. The van der Waals surface area contributed by atoms with Crippen molar-refractivity contribution in [3.63, 3.8) is 0 Å². The third-order valence-electron chi connectivity index (χ3n) is 4.66. The average Bonchev–Trinajstić information content (AvgIpc) is 2.34. The third-order valence-corrected chi connectivity index (χ3v) is 4.66. The Labute approximate surface area is 102 Å². The smallest absolute Gasteiger partial charge is 0.243 e. The second-order valence-corrected chi connectivity index (χ2v) is 5.77. The first-order chi connectivity index (χ1) is 8.21. The van der Waals surface area contributed by atoms with Crippen LogP contribution >= 0.6 is 0 Å². The molecule has 17 heavy (non-hydrogen) atoms. The van der Waals surface area contributed by atoms with E-state index < -0.39 is 5.54 Å². The molecule has 3 rings (SSSR count). The molecule has 4 nitrogen and oxygen atoms in total. The van der Waals surface area contributed by atoms with Crippen LogP contribution in [0, 0.1) is 0 Å². The molecule has 96 valence electrons. The van der Waals surface area contributed by atoms with Crippen molar-refractivity contribution in [3.05, 3.63) is 0 Å². The van der Waals surface area contributed by atoms with Gasteiger partial charge in [-0.25, -0.2) is 0 Å². The molecule has 1 saturated heterocycles. The minimum Gasteiger partial charge on any atom is -0.374 e. The van der Waals surface area contributed by atoms with Gasteiger partial charge >= 0.3 is 0 Å². The summed E-state index contributed by atoms with van der Waals surface area (Å²) in [5, 5.41) is 0. The van der Waals surface area contributed by atoms with Crippen LogP contribution in [0.5, 0.6) is 0 Å². The Bertz CT molecular complexity index is 313. The molecule has 2 atom stereocenters. The van der Waals surface area contributed by atoms with Crippen molar-refractivity contribution in [2.24, 2.45) is 5.73 Å². The zero-order valence-electron chi connectivity index (χ0n) is 10.4. The number of morpholine rings is 1. The maximum Gasteiger partial charge on any atom is 0.243 e. The first-order valence-electron chi connectivity index (χ1n) is 6.92. The highest BCUT2D eigenvalue weighted by Gasteiger charge is 2.47. The quantitative estimate of drug-likeness (QED) is 0.742. The Morgan fingerprint density at radius 2 is 2.00 bits per heavy atom. The summed E-state index contributed by atoms with van der Waals surface area (Å²) in [7, 11) is 0. The second kappa shape index (κ2) is 4.25. The van der Waals surface area contributed by atoms with Gasteiger partial charge in [-0.1, -0.05) is 12.8 Å². The van der Waals surface area contributed by atoms with Crippen molar-refractivity contribution in [2.45, 2.75) is 62.6 Å². The largest absolute Gasteiger partial charge is 0.374 e. The van der Waals surface area contributed by atoms with Crippen LogP contribution in [-0.2, 0) is 9.53 Å². The summed E-state index contributed by atoms with van der Waals surface area (Å²) < 4.78 is 5.79. The summed E-state index contributed by atoms with van der Waals surface area (Å²) in [4.78, 5) is 14.5. The van der Waals surface area contributed by atoms with Crippen molar-refractivity contribution < 1.29 is 9.53 Å². The van der Waals surface area contributed by atoms with E-state index in [1.165, 1.54) is 12.8 Å². The predicted molar refractivity (Wildman–Crippen MR) is 64.5 cm³/mol. The molecular formula is C13H22N2O2. The van der Waals surface area contributed by atoms with Crippen molar-refractivity contribution in [2.75, 3.05) is 13.2 Å². The van der Waals surface area contributed by atoms with Crippen LogP contribution in [0.15, 0.2) is 0 Å². The van der Waals surface area contributed by atoms with Crippen LogP contribution < -0.4 is 5.73 Å². The molecule has 0 radical (unpaired) electrons. The van der Waals surface area contributed by atoms with Gasteiger partial charge in [-0.05, 0) is 32.1 Å². The van der Waals surface area contributed by atoms with Crippen molar-refractivity contribution >= 4 is 5.91 Å². The Morgan fingerprint density at radius 1 is 1.24 bits per heavy atom. The number of rotatable bonds is 1. The van der Waals surface area contributed by atoms with Crippen LogP contribution in [-0.4, -0.2) is 41.6 Å². The second-order valence-electron chi connectivity index (χ2n) is 5.77. The van der Waals surface area contributed by atoms with Crippen molar-refractivity contribution in [1.29, 1.82) is 0 Å². The van der Waals surface area contributed by atoms with Gasteiger partial charge < -0.3 is 15.4 Å². The molecule has 1 amide bonds. The lowest BCUT2D eigenvalue weighted by atomic mass is 9.75. The van der Waals surface area contributed by atoms with Gasteiger partial charge in [-0.2, -0.15) is 0 Å². The average molecular weight is 238 g/mol. The molecule has 4 heteroatoms. The molecule has 0 aromatic carbocycles. The molecule has 3 aliphatic rings. The van der Waals surface area contributed by atoms with E-state index >= 15 is 0 Å². The number of hydrogen-bond donors (Lipinski definition) is 1. The zero-order valence-corrected chi connectivity index (χ0v) is 10.4. The highest BCUT2D eigenvalue weighted by Crippen LogP contribution is 2.35. The van der Waals surface area contributed by atoms with Gasteiger partial charge in [0, 0.05) is 6.54 Å². The maximum absolute atomic E-state index is 12.5. The van der Waals surface area contributed by atoms with Gasteiger partial charge in [-0.3, -0.25) is 4.79 Å². The number of carbonyl (C=O) groups excluding carboxylic acids is 1. The first kappa shape index (κ1) is 11.5. The lowest BCUT2D eigenvalue weighted by Gasteiger charge is -2.48. The van der Waals surface area contributed by atoms with Gasteiger partial charge in [0.25, 0.3) is 0 Å². The lowest BCUT2D eigenvalue weighted by Crippen LogP contribution is -2.65. The fourth-order valence-corrected chi connectivity index (χ4v) is 3.41. The van der Waals surface area contributed by atoms with E-state index in [2.05, 4.69) is 0 Å². The molecule has 3 fully saturated rings. The van der Waals surface area contributed by atoms with Crippen LogP contribution in [0.4, 0.5) is 0 Å². The summed E-state index contributed by atoms with van der Waals surface area (Å²) >= 11 is 0. The molecule has 1 heterocycles. The Balaban J connectivity index is 1.74. The Kier molecular flexibility index (Phi) is 2.87. The predicted octanol–water partition coefficient (Wildman–Crippen LogP) is 1.04. The van der Waals surface area contributed by atoms with Crippen LogP contribution in [0.2, 0.25) is 0 Å². The Hall–Kier alpha value is -0.610. The van der Waals surface area contributed by atoms with E-state index in [0.717, 1.165) is 38.6 Å². The topological polar surface area (TPSA) is 55.6 Å². The standard InChI is InChI=1S/C13H22N2O2/c14-13(6-3-7-13)12(16)15-8-9-17-11-5-2-1-4-10(11)15/h10-11H,1-9,14H2. The van der Waals surface area contributed by atoms with Gasteiger partial charge in [-0.15, -0.1) is 0 Å². The molecule has 0 spiro atoms. The fraction of sp³-hybridized carbons (Fsp3) is 0.923. The molecule has 2 unspecified atom stereocenters. The molecule has 2 saturated carbocycles. The lowest BCUT2D eigenvalue weighted by molar-refractivity contribution is -0.158. The van der Waals surface area contributed by atoms with E-state index in [9.17, 15) is 4.79 Å². The van der Waals surface area contributed by atoms with Crippen LogP contribution in [0.3, 0.4) is 0 Å². The number of nitrogens with zero attached hydrogens (tertiary/aromatic N) is 1. The van der Waals surface area contributed by atoms with Crippen LogP contribution in [0.1, 0.15) is 44.9 Å². The highest BCUT2D eigenvalue weighted by atomic mass is 16.5. The fourth-order valence-electron chi connectivity index (χ4n) is 3.41. The van der Waals surface area contributed by atoms with E-state index in [1.807, 2.05) is 4.90 Å². The third kappa shape index (κ3) is 1.87. The van der Waals surface area contributed by atoms with E-state index in [1.54, 1.807) is 0 Å². The molecular weight excluding hydrogens is 216 g/mol. The summed E-state index contributed by atoms with van der Waals surface area (Å²) in [6.45, 7) is 1.42. The number of hydrogen-bond acceptors (Lipinski definition) is 3. The number of fused-ring (bicyclic) bond motifs is 1. The van der Waals surface area contributed by atoms with Crippen molar-refractivity contribution in [3.8, 4) is 0 Å². The van der Waals surface area contributed by atoms with Gasteiger partial charge in [0.15, 0.2) is 0 Å². The molecule has 2 aliphatic carbocycles. The normalized spacial score (nSPS) is 35.9. The monoisotopic (exact) mass is 238 g/mol. The van der Waals surface area contributed by atoms with E-state index in [-0.39, 0.29) is 12.0 Å². The molecule has 0 aromatic rings. The number of ether oxygens (including phenoxy) is 1. The minimum absolute atomic E-state index is 0.184. The van der Waals surface area contributed by atoms with Gasteiger partial charge in [0.2, 0.25) is 5.91 Å². The Morgan fingerprint density at radius 3 is 2.71 bits per heavy atom. The summed E-state index contributed by atoms with van der Waals surface area (Å²) in [5.41, 5.74) is 5.62. The molecule has 0 bridgehead atoms. The highest BCUT2D eigenvalue weighted by molar-refractivity contribution is 5.87. The summed E-state index contributed by atoms with van der Waals surface area (Å²) in [5.74, 6) is 0.184. The number of nitrogens with two attached hydrogens (primary N) is 1. The van der Waals surface area contributed by atoms with E-state index in [0.29, 0.717) is 12.6 Å². The minimum atomic E-state index is -0.542. The number of amides is 1.